The van der Waals surface area contributed by atoms with Gasteiger partial charge in [0.25, 0.3) is 0 Å². The zero-order valence-electron chi connectivity index (χ0n) is 9.56. The van der Waals surface area contributed by atoms with Gasteiger partial charge >= 0.3 is 0 Å². The third kappa shape index (κ3) is 3.90. The summed E-state index contributed by atoms with van der Waals surface area (Å²) in [5, 5.41) is 0. The molecule has 0 bridgehead atoms. The van der Waals surface area contributed by atoms with E-state index in [0.29, 0.717) is 6.54 Å². The summed E-state index contributed by atoms with van der Waals surface area (Å²) < 4.78 is 6.00. The number of thiocarbonyl (C=S) groups is 1. The molecule has 5 heteroatoms. The van der Waals surface area contributed by atoms with E-state index in [4.69, 9.17) is 17.0 Å². The lowest BCUT2D eigenvalue weighted by Crippen LogP contribution is -2.02. The van der Waals surface area contributed by atoms with E-state index in [1.54, 1.807) is 25.1 Å². The summed E-state index contributed by atoms with van der Waals surface area (Å²) in [6.45, 7) is 2.48. The molecule has 86 valence electrons. The van der Waals surface area contributed by atoms with Gasteiger partial charge < -0.3 is 4.74 Å². The Labute approximate surface area is 105 Å². The lowest BCUT2D eigenvalue weighted by molar-refractivity contribution is 0.414. The number of ether oxygens (including phenoxy) is 1. The normalized spacial score (nSPS) is 11.3. The fourth-order valence-electron chi connectivity index (χ4n) is 1.06. The number of hydrogen-bond donors (Lipinski definition) is 0. The molecule has 0 N–H and O–H groups in total. The maximum Gasteiger partial charge on any atom is 0.122 e. The van der Waals surface area contributed by atoms with E-state index in [0.717, 1.165) is 21.4 Å². The molecule has 0 atom stereocenters. The lowest BCUT2D eigenvalue weighted by atomic mass is 10.2. The van der Waals surface area contributed by atoms with Gasteiger partial charge in [-0.05, 0) is 19.2 Å². The molecule has 0 saturated carbocycles. The number of methoxy groups -OCH3 is 1. The van der Waals surface area contributed by atoms with Gasteiger partial charge in [0.1, 0.15) is 5.75 Å². The second-order valence-electron chi connectivity index (χ2n) is 3.06. The predicted molar refractivity (Wildman–Crippen MR) is 74.0 cm³/mol. The highest BCUT2D eigenvalue weighted by molar-refractivity contribution is 8.22. The Hall–Kier alpha value is -0.940. The fourth-order valence-corrected chi connectivity index (χ4v) is 1.32. The fraction of sp³-hybridized carbons (Fsp3) is 0.364. The second-order valence-corrected chi connectivity index (χ2v) is 4.71. The molecule has 0 aliphatic rings. The minimum absolute atomic E-state index is 0.557. The van der Waals surface area contributed by atoms with Crippen molar-refractivity contribution in [2.24, 2.45) is 4.99 Å². The number of nitrogens with zero attached hydrogens (tertiary/aromatic N) is 2. The summed E-state index contributed by atoms with van der Waals surface area (Å²) in [5.74, 6) is 0.784. The van der Waals surface area contributed by atoms with Gasteiger partial charge in [-0.15, -0.1) is 11.8 Å². The predicted octanol–water partition coefficient (Wildman–Crippen LogP) is 2.59. The minimum Gasteiger partial charge on any atom is -0.497 e. The van der Waals surface area contributed by atoms with Crippen LogP contribution in [0.4, 0.5) is 0 Å². The zero-order chi connectivity index (χ0) is 12.0. The minimum atomic E-state index is 0.557. The Balaban J connectivity index is 2.78. The molecule has 0 unspecified atom stereocenters. The van der Waals surface area contributed by atoms with Gasteiger partial charge in [0.05, 0.1) is 29.3 Å². The average Bonchev–Trinajstić information content (AvgIpc) is 2.35. The van der Waals surface area contributed by atoms with E-state index >= 15 is 0 Å². The first-order chi connectivity index (χ1) is 7.67. The molecule has 0 spiro atoms. The summed E-state index contributed by atoms with van der Waals surface area (Å²) >= 11 is 6.63. The van der Waals surface area contributed by atoms with Gasteiger partial charge in [-0.25, -0.2) is 0 Å². The quantitative estimate of drug-likeness (QED) is 0.611. The van der Waals surface area contributed by atoms with Gasteiger partial charge in [0, 0.05) is 12.3 Å². The van der Waals surface area contributed by atoms with Crippen LogP contribution in [-0.2, 0) is 0 Å². The van der Waals surface area contributed by atoms with Crippen LogP contribution < -0.4 is 4.74 Å². The van der Waals surface area contributed by atoms with Crippen LogP contribution in [0.5, 0.6) is 5.75 Å². The summed E-state index contributed by atoms with van der Waals surface area (Å²) in [5.41, 5.74) is 1.69. The molecule has 1 aromatic heterocycles. The molecule has 0 radical (unpaired) electrons. The molecule has 1 heterocycles. The van der Waals surface area contributed by atoms with Crippen molar-refractivity contribution in [3.63, 3.8) is 0 Å². The van der Waals surface area contributed by atoms with Gasteiger partial charge in [0.2, 0.25) is 0 Å². The molecule has 0 amide bonds. The van der Waals surface area contributed by atoms with Crippen LogP contribution in [0.3, 0.4) is 0 Å². The van der Waals surface area contributed by atoms with Crippen molar-refractivity contribution in [3.05, 3.63) is 24.0 Å². The van der Waals surface area contributed by atoms with Gasteiger partial charge in [-0.1, -0.05) is 12.2 Å². The highest BCUT2D eigenvalue weighted by Crippen LogP contribution is 2.11. The maximum atomic E-state index is 5.13. The van der Waals surface area contributed by atoms with Crippen molar-refractivity contribution < 1.29 is 4.74 Å². The van der Waals surface area contributed by atoms with Crippen LogP contribution >= 0.6 is 24.0 Å². The van der Waals surface area contributed by atoms with Crippen LogP contribution in [0.1, 0.15) is 12.6 Å². The number of aliphatic imine (C=N–C) groups is 1. The van der Waals surface area contributed by atoms with E-state index in [2.05, 4.69) is 9.98 Å². The van der Waals surface area contributed by atoms with E-state index in [1.165, 1.54) is 0 Å². The summed E-state index contributed by atoms with van der Waals surface area (Å²) in [6, 6.07) is 3.67. The van der Waals surface area contributed by atoms with Gasteiger partial charge in [-0.3, -0.25) is 9.98 Å². The first-order valence-corrected chi connectivity index (χ1v) is 6.39. The van der Waals surface area contributed by atoms with Crippen molar-refractivity contribution in [3.8, 4) is 5.75 Å². The van der Waals surface area contributed by atoms with E-state index < -0.39 is 0 Å². The highest BCUT2D eigenvalue weighted by Gasteiger charge is 2.01. The average molecular weight is 254 g/mol. The van der Waals surface area contributed by atoms with Gasteiger partial charge in [-0.2, -0.15) is 0 Å². The van der Waals surface area contributed by atoms with Crippen molar-refractivity contribution in [1.29, 1.82) is 0 Å². The number of pyridine rings is 1. The highest BCUT2D eigenvalue weighted by atomic mass is 32.2. The molecule has 1 rings (SSSR count). The second kappa shape index (κ2) is 6.60. The van der Waals surface area contributed by atoms with E-state index in [9.17, 15) is 0 Å². The first kappa shape index (κ1) is 13.1. The molecule has 1 aromatic rings. The van der Waals surface area contributed by atoms with E-state index in [1.807, 2.05) is 25.3 Å². The van der Waals surface area contributed by atoms with Crippen LogP contribution in [0.25, 0.3) is 0 Å². The van der Waals surface area contributed by atoms with Crippen molar-refractivity contribution in [2.45, 2.75) is 6.92 Å². The molecule has 0 fully saturated rings. The number of rotatable bonds is 4. The Morgan fingerprint density at radius 2 is 2.38 bits per heavy atom. The molecule has 0 aliphatic heterocycles. The monoisotopic (exact) mass is 254 g/mol. The molecular formula is C11H14N2OS2. The Bertz CT molecular complexity index is 405. The zero-order valence-corrected chi connectivity index (χ0v) is 11.2. The smallest absolute Gasteiger partial charge is 0.122 e. The van der Waals surface area contributed by atoms with Gasteiger partial charge in [0.15, 0.2) is 0 Å². The van der Waals surface area contributed by atoms with Crippen molar-refractivity contribution in [1.82, 2.24) is 4.98 Å². The van der Waals surface area contributed by atoms with Crippen LogP contribution in [0, 0.1) is 0 Å². The number of thioether (sulfide) groups is 1. The summed E-state index contributed by atoms with van der Waals surface area (Å²) in [7, 11) is 1.63. The van der Waals surface area contributed by atoms with Crippen LogP contribution in [0.15, 0.2) is 23.3 Å². The van der Waals surface area contributed by atoms with Crippen molar-refractivity contribution in [2.75, 3.05) is 19.9 Å². The Morgan fingerprint density at radius 1 is 1.62 bits per heavy atom. The summed E-state index contributed by atoms with van der Waals surface area (Å²) in [6.07, 6.45) is 3.66. The Kier molecular flexibility index (Phi) is 5.42. The lowest BCUT2D eigenvalue weighted by Gasteiger charge is -2.03. The first-order valence-electron chi connectivity index (χ1n) is 4.75. The SMILES string of the molecule is COc1ccnc(C(C)=NCC(=S)SC)c1. The molecule has 3 nitrogen and oxygen atoms in total. The Morgan fingerprint density at radius 3 is 3.00 bits per heavy atom. The number of hydrogen-bond acceptors (Lipinski definition) is 5. The largest absolute Gasteiger partial charge is 0.497 e. The molecule has 0 aliphatic carbocycles. The molecule has 0 saturated heterocycles. The third-order valence-corrected chi connectivity index (χ3v) is 3.22. The summed E-state index contributed by atoms with van der Waals surface area (Å²) in [4.78, 5) is 8.61. The topological polar surface area (TPSA) is 34.5 Å². The standard InChI is InChI=1S/C11H14N2OS2/c1-8(13-7-11(15)16-3)10-6-9(14-2)4-5-12-10/h4-6H,7H2,1-3H3. The number of aromatic nitrogens is 1. The van der Waals surface area contributed by atoms with Crippen molar-refractivity contribution >= 4 is 33.9 Å². The van der Waals surface area contributed by atoms with E-state index in [-0.39, 0.29) is 0 Å². The maximum absolute atomic E-state index is 5.13. The van der Waals surface area contributed by atoms with Crippen LogP contribution in [0.2, 0.25) is 0 Å². The third-order valence-electron chi connectivity index (χ3n) is 2.01. The molecule has 16 heavy (non-hydrogen) atoms. The molecule has 0 aromatic carbocycles. The molecular weight excluding hydrogens is 240 g/mol. The van der Waals surface area contributed by atoms with Crippen LogP contribution in [-0.4, -0.2) is 34.8 Å².